The minimum atomic E-state index is -3.15. The fourth-order valence-electron chi connectivity index (χ4n) is 3.06. The quantitative estimate of drug-likeness (QED) is 0.280. The van der Waals surface area contributed by atoms with Crippen molar-refractivity contribution in [3.63, 3.8) is 0 Å². The zero-order chi connectivity index (χ0) is 22.5. The number of nitrogens with one attached hydrogen (secondary N) is 3. The number of benzene rings is 2. The second-order valence-corrected chi connectivity index (χ2v) is 9.33. The van der Waals surface area contributed by atoms with Crippen molar-refractivity contribution in [3.8, 4) is 0 Å². The molecule has 0 spiro atoms. The summed E-state index contributed by atoms with van der Waals surface area (Å²) in [6.45, 7) is 3.77. The van der Waals surface area contributed by atoms with E-state index in [1.54, 1.807) is 13.1 Å². The van der Waals surface area contributed by atoms with E-state index in [0.29, 0.717) is 37.6 Å². The Balaban J connectivity index is 1.80. The molecular weight excluding hydrogens is 412 g/mol. The number of hydrogen-bond acceptors (Lipinski definition) is 4. The van der Waals surface area contributed by atoms with Crippen LogP contribution in [0.4, 0.5) is 0 Å². The van der Waals surface area contributed by atoms with Crippen LogP contribution in [0.1, 0.15) is 34.8 Å². The first-order valence-corrected chi connectivity index (χ1v) is 12.3. The molecule has 1 amide bonds. The molecule has 2 aromatic rings. The number of carbonyl (C=O) groups excluding carboxylic acids is 1. The number of aliphatic imine (C=N–C) groups is 1. The average Bonchev–Trinajstić information content (AvgIpc) is 2.76. The third-order valence-corrected chi connectivity index (χ3v) is 6.26. The molecule has 31 heavy (non-hydrogen) atoms. The molecule has 0 aliphatic carbocycles. The normalized spacial score (nSPS) is 11.7. The maximum atomic E-state index is 12.3. The molecule has 0 radical (unpaired) electrons. The molecule has 0 bridgehead atoms. The first kappa shape index (κ1) is 24.4. The number of guanidine groups is 1. The molecule has 0 atom stereocenters. The molecule has 7 nitrogen and oxygen atoms in total. The predicted octanol–water partition coefficient (Wildman–Crippen LogP) is 2.15. The van der Waals surface area contributed by atoms with E-state index in [9.17, 15) is 13.2 Å². The van der Waals surface area contributed by atoms with E-state index in [1.165, 1.54) is 0 Å². The lowest BCUT2D eigenvalue weighted by atomic mass is 10.1. The van der Waals surface area contributed by atoms with Gasteiger partial charge in [0, 0.05) is 32.2 Å². The molecule has 0 aliphatic heterocycles. The molecule has 0 aromatic heterocycles. The summed E-state index contributed by atoms with van der Waals surface area (Å²) in [4.78, 5) is 16.2. The summed E-state index contributed by atoms with van der Waals surface area (Å²) < 4.78 is 24.6. The van der Waals surface area contributed by atoms with Gasteiger partial charge in [-0.1, -0.05) is 42.5 Å². The molecule has 3 N–H and O–H groups in total. The van der Waals surface area contributed by atoms with Gasteiger partial charge in [-0.2, -0.15) is 0 Å². The van der Waals surface area contributed by atoms with Gasteiger partial charge in [0.05, 0.1) is 11.5 Å². The number of nitrogens with zero attached hydrogens (tertiary/aromatic N) is 1. The third-order valence-electron chi connectivity index (χ3n) is 4.58. The summed E-state index contributed by atoms with van der Waals surface area (Å²) in [6, 6.07) is 16.7. The lowest BCUT2D eigenvalue weighted by Gasteiger charge is -2.12. The molecule has 168 valence electrons. The van der Waals surface area contributed by atoms with Crippen LogP contribution in [0.15, 0.2) is 59.6 Å². The molecule has 0 unspecified atom stereocenters. The van der Waals surface area contributed by atoms with Crippen LogP contribution < -0.4 is 16.0 Å². The monoisotopic (exact) mass is 444 g/mol. The zero-order valence-electron chi connectivity index (χ0n) is 18.2. The Kier molecular flexibility index (Phi) is 10.0. The fraction of sp³-hybridized carbons (Fsp3) is 0.391. The second-order valence-electron chi connectivity index (χ2n) is 7.15. The molecule has 0 heterocycles. The standard InChI is InChI=1S/C23H32N4O3S/c1-3-25-23(27-15-13-19-11-7-12-21(17-19)22(28)24-2)26-14-8-16-31(29,30)18-20-9-5-4-6-10-20/h4-7,9-12,17H,3,8,13-16,18H2,1-2H3,(H,24,28)(H2,25,26,27). The molecule has 0 saturated heterocycles. The lowest BCUT2D eigenvalue weighted by molar-refractivity contribution is 0.0963. The molecule has 0 saturated carbocycles. The van der Waals surface area contributed by atoms with Crippen molar-refractivity contribution in [2.45, 2.75) is 25.5 Å². The van der Waals surface area contributed by atoms with Gasteiger partial charge in [-0.15, -0.1) is 0 Å². The SMILES string of the molecule is CCNC(=NCCCS(=O)(=O)Cc1ccccc1)NCCc1cccc(C(=O)NC)c1. The minimum Gasteiger partial charge on any atom is -0.357 e. The van der Waals surface area contributed by atoms with Gasteiger partial charge in [0.15, 0.2) is 15.8 Å². The molecule has 2 rings (SSSR count). The summed E-state index contributed by atoms with van der Waals surface area (Å²) in [5, 5.41) is 9.05. The predicted molar refractivity (Wildman–Crippen MR) is 126 cm³/mol. The van der Waals surface area contributed by atoms with E-state index >= 15 is 0 Å². The van der Waals surface area contributed by atoms with Gasteiger partial charge in [0.1, 0.15) is 0 Å². The number of rotatable bonds is 11. The van der Waals surface area contributed by atoms with Crippen molar-refractivity contribution < 1.29 is 13.2 Å². The average molecular weight is 445 g/mol. The van der Waals surface area contributed by atoms with Gasteiger partial charge >= 0.3 is 0 Å². The third kappa shape index (κ3) is 9.21. The van der Waals surface area contributed by atoms with Crippen LogP contribution in [-0.2, 0) is 22.0 Å². The maximum Gasteiger partial charge on any atom is 0.251 e. The molecule has 0 fully saturated rings. The Morgan fingerprint density at radius 3 is 2.45 bits per heavy atom. The van der Waals surface area contributed by atoms with Crippen molar-refractivity contribution in [1.82, 2.24) is 16.0 Å². The summed E-state index contributed by atoms with van der Waals surface area (Å²) >= 11 is 0. The van der Waals surface area contributed by atoms with E-state index in [4.69, 9.17) is 0 Å². The van der Waals surface area contributed by atoms with Crippen molar-refractivity contribution in [2.24, 2.45) is 4.99 Å². The topological polar surface area (TPSA) is 99.7 Å². The number of hydrogen-bond donors (Lipinski definition) is 3. The van der Waals surface area contributed by atoms with Crippen molar-refractivity contribution in [2.75, 3.05) is 32.4 Å². The second kappa shape index (κ2) is 12.7. The van der Waals surface area contributed by atoms with Crippen LogP contribution in [0, 0.1) is 0 Å². The molecule has 0 aliphatic rings. The smallest absolute Gasteiger partial charge is 0.251 e. The molecular formula is C23H32N4O3S. The first-order chi connectivity index (χ1) is 14.9. The van der Waals surface area contributed by atoms with Crippen molar-refractivity contribution in [1.29, 1.82) is 0 Å². The van der Waals surface area contributed by atoms with Gasteiger partial charge in [0.25, 0.3) is 5.91 Å². The van der Waals surface area contributed by atoms with Crippen molar-refractivity contribution >= 4 is 21.7 Å². The summed E-state index contributed by atoms with van der Waals surface area (Å²) in [6.07, 6.45) is 1.21. The Morgan fingerprint density at radius 1 is 1.00 bits per heavy atom. The van der Waals surface area contributed by atoms with Crippen LogP contribution >= 0.6 is 0 Å². The van der Waals surface area contributed by atoms with Gasteiger partial charge in [-0.3, -0.25) is 9.79 Å². The largest absolute Gasteiger partial charge is 0.357 e. The first-order valence-electron chi connectivity index (χ1n) is 10.5. The lowest BCUT2D eigenvalue weighted by Crippen LogP contribution is -2.38. The van der Waals surface area contributed by atoms with Gasteiger partial charge in [0.2, 0.25) is 0 Å². The Morgan fingerprint density at radius 2 is 1.74 bits per heavy atom. The van der Waals surface area contributed by atoms with Crippen LogP contribution in [0.25, 0.3) is 0 Å². The highest BCUT2D eigenvalue weighted by Crippen LogP contribution is 2.07. The number of sulfone groups is 1. The highest BCUT2D eigenvalue weighted by Gasteiger charge is 2.11. The molecule has 8 heteroatoms. The Hall–Kier alpha value is -2.87. The highest BCUT2D eigenvalue weighted by molar-refractivity contribution is 7.90. The van der Waals surface area contributed by atoms with E-state index in [0.717, 1.165) is 17.5 Å². The van der Waals surface area contributed by atoms with E-state index < -0.39 is 9.84 Å². The van der Waals surface area contributed by atoms with Crippen molar-refractivity contribution in [3.05, 3.63) is 71.3 Å². The number of carbonyl (C=O) groups is 1. The minimum absolute atomic E-state index is 0.0605. The van der Waals surface area contributed by atoms with Crippen LogP contribution in [0.3, 0.4) is 0 Å². The van der Waals surface area contributed by atoms with Crippen LogP contribution in [0.2, 0.25) is 0 Å². The zero-order valence-corrected chi connectivity index (χ0v) is 19.0. The number of amides is 1. The van der Waals surface area contributed by atoms with Crippen LogP contribution in [0.5, 0.6) is 0 Å². The fourth-order valence-corrected chi connectivity index (χ4v) is 4.47. The van der Waals surface area contributed by atoms with E-state index in [-0.39, 0.29) is 17.4 Å². The van der Waals surface area contributed by atoms with E-state index in [2.05, 4.69) is 20.9 Å². The summed E-state index contributed by atoms with van der Waals surface area (Å²) in [5.41, 5.74) is 2.50. The summed E-state index contributed by atoms with van der Waals surface area (Å²) in [7, 11) is -1.54. The Bertz CT molecular complexity index is 960. The van der Waals surface area contributed by atoms with E-state index in [1.807, 2.05) is 55.5 Å². The summed E-state index contributed by atoms with van der Waals surface area (Å²) in [5.74, 6) is 0.722. The van der Waals surface area contributed by atoms with Crippen LogP contribution in [-0.4, -0.2) is 52.7 Å². The maximum absolute atomic E-state index is 12.3. The van der Waals surface area contributed by atoms with Gasteiger partial charge in [-0.05, 0) is 43.0 Å². The molecule has 2 aromatic carbocycles. The Labute approximate surface area is 185 Å². The highest BCUT2D eigenvalue weighted by atomic mass is 32.2. The van der Waals surface area contributed by atoms with Gasteiger partial charge < -0.3 is 16.0 Å². The van der Waals surface area contributed by atoms with Gasteiger partial charge in [-0.25, -0.2) is 8.42 Å².